The Balaban J connectivity index is 1.43. The molecular formula is C22H27F3N4O2. The van der Waals surface area contributed by atoms with Crippen LogP contribution in [0.2, 0.25) is 0 Å². The molecule has 2 aromatic heterocycles. The Bertz CT molecular complexity index is 902. The maximum absolute atomic E-state index is 12.7. The molecule has 2 heterocycles. The van der Waals surface area contributed by atoms with Crippen molar-refractivity contribution in [2.24, 2.45) is 5.92 Å². The Morgan fingerprint density at radius 2 is 1.97 bits per heavy atom. The van der Waals surface area contributed by atoms with Gasteiger partial charge < -0.3 is 10.1 Å². The van der Waals surface area contributed by atoms with Crippen molar-refractivity contribution in [1.82, 2.24) is 20.1 Å². The van der Waals surface area contributed by atoms with Gasteiger partial charge in [-0.15, -0.1) is 0 Å². The molecule has 31 heavy (non-hydrogen) atoms. The summed E-state index contributed by atoms with van der Waals surface area (Å²) >= 11 is 0. The predicted molar refractivity (Wildman–Crippen MR) is 108 cm³/mol. The van der Waals surface area contributed by atoms with Crippen LogP contribution in [0.3, 0.4) is 0 Å². The zero-order chi connectivity index (χ0) is 21.8. The smallest absolute Gasteiger partial charge is 0.422 e. The van der Waals surface area contributed by atoms with Crippen molar-refractivity contribution < 1.29 is 22.7 Å². The molecule has 0 atom stereocenters. The first-order valence-corrected chi connectivity index (χ1v) is 10.9. The normalized spacial score (nSPS) is 17.5. The second kappa shape index (κ2) is 9.28. The van der Waals surface area contributed by atoms with Crippen LogP contribution >= 0.6 is 0 Å². The minimum atomic E-state index is -4.44. The SMILES string of the molecule is O=C(NCc1ccn(CC2CC2)n1)c1cnc(OCC(F)(F)F)c(C2CCCCC2)c1. The Kier molecular flexibility index (Phi) is 6.48. The van der Waals surface area contributed by atoms with E-state index in [-0.39, 0.29) is 24.2 Å². The van der Waals surface area contributed by atoms with Gasteiger partial charge >= 0.3 is 6.18 Å². The molecule has 0 unspecified atom stereocenters. The summed E-state index contributed by atoms with van der Waals surface area (Å²) in [7, 11) is 0. The van der Waals surface area contributed by atoms with Crippen molar-refractivity contribution in [3.8, 4) is 5.88 Å². The third kappa shape index (κ3) is 6.21. The van der Waals surface area contributed by atoms with Crippen LogP contribution in [0.1, 0.15) is 72.5 Å². The molecule has 6 nitrogen and oxygen atoms in total. The number of aromatic nitrogens is 3. The molecule has 9 heteroatoms. The minimum Gasteiger partial charge on any atom is -0.468 e. The fourth-order valence-electron chi connectivity index (χ4n) is 4.01. The maximum Gasteiger partial charge on any atom is 0.422 e. The van der Waals surface area contributed by atoms with Gasteiger partial charge in [0.15, 0.2) is 6.61 Å². The average molecular weight is 436 g/mol. The highest BCUT2D eigenvalue weighted by atomic mass is 19.4. The average Bonchev–Trinajstić information content (AvgIpc) is 3.46. The molecule has 2 saturated carbocycles. The first-order valence-electron chi connectivity index (χ1n) is 10.9. The monoisotopic (exact) mass is 436 g/mol. The van der Waals surface area contributed by atoms with Crippen molar-refractivity contribution in [3.63, 3.8) is 0 Å². The summed E-state index contributed by atoms with van der Waals surface area (Å²) in [5.74, 6) is 0.406. The molecule has 2 aliphatic carbocycles. The van der Waals surface area contributed by atoms with E-state index in [1.54, 1.807) is 6.07 Å². The summed E-state index contributed by atoms with van der Waals surface area (Å²) in [4.78, 5) is 16.7. The number of carbonyl (C=O) groups excluding carboxylic acids is 1. The van der Waals surface area contributed by atoms with Gasteiger partial charge in [0.1, 0.15) is 0 Å². The van der Waals surface area contributed by atoms with E-state index in [9.17, 15) is 18.0 Å². The Hall–Kier alpha value is -2.58. The molecular weight excluding hydrogens is 409 g/mol. The summed E-state index contributed by atoms with van der Waals surface area (Å²) in [5, 5.41) is 7.30. The predicted octanol–water partition coefficient (Wildman–Crippen LogP) is 4.61. The van der Waals surface area contributed by atoms with Gasteiger partial charge in [0.2, 0.25) is 5.88 Å². The zero-order valence-corrected chi connectivity index (χ0v) is 17.3. The van der Waals surface area contributed by atoms with Crippen molar-refractivity contribution in [2.45, 2.75) is 70.1 Å². The van der Waals surface area contributed by atoms with Gasteiger partial charge in [-0.25, -0.2) is 4.98 Å². The summed E-state index contributed by atoms with van der Waals surface area (Å²) in [5.41, 5.74) is 1.67. The van der Waals surface area contributed by atoms with Crippen LogP contribution in [0.4, 0.5) is 13.2 Å². The summed E-state index contributed by atoms with van der Waals surface area (Å²) in [6, 6.07) is 3.51. The third-order valence-corrected chi connectivity index (χ3v) is 5.83. The second-order valence-corrected chi connectivity index (χ2v) is 8.51. The lowest BCUT2D eigenvalue weighted by atomic mass is 9.84. The fourth-order valence-corrected chi connectivity index (χ4v) is 4.01. The number of rotatable bonds is 8. The number of halogens is 3. The van der Waals surface area contributed by atoms with Crippen LogP contribution in [-0.2, 0) is 13.1 Å². The van der Waals surface area contributed by atoms with E-state index in [1.165, 1.54) is 19.0 Å². The third-order valence-electron chi connectivity index (χ3n) is 5.83. The minimum absolute atomic E-state index is 0.0282. The molecule has 0 bridgehead atoms. The fraction of sp³-hybridized carbons (Fsp3) is 0.591. The van der Waals surface area contributed by atoms with E-state index >= 15 is 0 Å². The summed E-state index contributed by atoms with van der Waals surface area (Å²) < 4.78 is 44.8. The molecule has 0 radical (unpaired) electrons. The first-order chi connectivity index (χ1) is 14.9. The van der Waals surface area contributed by atoms with Crippen LogP contribution in [-0.4, -0.2) is 33.5 Å². The van der Waals surface area contributed by atoms with E-state index in [4.69, 9.17) is 4.74 Å². The maximum atomic E-state index is 12.7. The molecule has 0 aliphatic heterocycles. The molecule has 4 rings (SSSR count). The van der Waals surface area contributed by atoms with Gasteiger partial charge in [0.05, 0.1) is 17.8 Å². The molecule has 2 aromatic rings. The van der Waals surface area contributed by atoms with E-state index < -0.39 is 12.8 Å². The number of hydrogen-bond acceptors (Lipinski definition) is 4. The van der Waals surface area contributed by atoms with Gasteiger partial charge in [0.25, 0.3) is 5.91 Å². The molecule has 2 fully saturated rings. The summed E-state index contributed by atoms with van der Waals surface area (Å²) in [6.07, 6.45) is 6.05. The van der Waals surface area contributed by atoms with Crippen molar-refractivity contribution in [1.29, 1.82) is 0 Å². The van der Waals surface area contributed by atoms with Crippen LogP contribution in [0, 0.1) is 5.92 Å². The van der Waals surface area contributed by atoms with E-state index in [0.29, 0.717) is 17.0 Å². The molecule has 0 aromatic carbocycles. The number of carbonyl (C=O) groups is 1. The van der Waals surface area contributed by atoms with E-state index in [0.717, 1.165) is 44.3 Å². The molecule has 0 spiro atoms. The van der Waals surface area contributed by atoms with Crippen LogP contribution in [0.5, 0.6) is 5.88 Å². The van der Waals surface area contributed by atoms with Gasteiger partial charge in [0, 0.05) is 24.5 Å². The van der Waals surface area contributed by atoms with Gasteiger partial charge in [-0.05, 0) is 49.7 Å². The van der Waals surface area contributed by atoms with Crippen LogP contribution < -0.4 is 10.1 Å². The second-order valence-electron chi connectivity index (χ2n) is 8.51. The Morgan fingerprint density at radius 1 is 1.19 bits per heavy atom. The molecule has 2 aliphatic rings. The van der Waals surface area contributed by atoms with Crippen LogP contribution in [0.15, 0.2) is 24.5 Å². The van der Waals surface area contributed by atoms with E-state index in [1.807, 2.05) is 16.9 Å². The summed E-state index contributed by atoms with van der Waals surface area (Å²) in [6.45, 7) is -0.210. The Labute approximate surface area is 179 Å². The number of hydrogen-bond donors (Lipinski definition) is 1. The largest absolute Gasteiger partial charge is 0.468 e. The van der Waals surface area contributed by atoms with Crippen LogP contribution in [0.25, 0.3) is 0 Å². The number of pyridine rings is 1. The van der Waals surface area contributed by atoms with Gasteiger partial charge in [-0.2, -0.15) is 18.3 Å². The number of alkyl halides is 3. The number of nitrogens with one attached hydrogen (secondary N) is 1. The molecule has 1 N–H and O–H groups in total. The number of amides is 1. The van der Waals surface area contributed by atoms with Crippen molar-refractivity contribution in [2.75, 3.05) is 6.61 Å². The molecule has 1 amide bonds. The van der Waals surface area contributed by atoms with Gasteiger partial charge in [-0.3, -0.25) is 9.48 Å². The number of ether oxygens (including phenoxy) is 1. The standard InChI is InChI=1S/C22H27F3N4O2/c23-22(24,25)14-31-21-19(16-4-2-1-3-5-16)10-17(11-27-21)20(30)26-12-18-8-9-29(28-18)13-15-6-7-15/h8-11,15-16H,1-7,12-14H2,(H,26,30). The van der Waals surface area contributed by atoms with Crippen molar-refractivity contribution >= 4 is 5.91 Å². The molecule has 0 saturated heterocycles. The topological polar surface area (TPSA) is 69.0 Å². The lowest BCUT2D eigenvalue weighted by molar-refractivity contribution is -0.154. The quantitative estimate of drug-likeness (QED) is 0.656. The molecule has 168 valence electrons. The highest BCUT2D eigenvalue weighted by Gasteiger charge is 2.30. The Morgan fingerprint density at radius 3 is 2.68 bits per heavy atom. The zero-order valence-electron chi connectivity index (χ0n) is 17.3. The lowest BCUT2D eigenvalue weighted by Gasteiger charge is -2.24. The first kappa shape index (κ1) is 21.6. The van der Waals surface area contributed by atoms with Gasteiger partial charge in [-0.1, -0.05) is 19.3 Å². The van der Waals surface area contributed by atoms with E-state index in [2.05, 4.69) is 15.4 Å². The number of nitrogens with zero attached hydrogens (tertiary/aromatic N) is 3. The highest BCUT2D eigenvalue weighted by molar-refractivity contribution is 5.94. The lowest BCUT2D eigenvalue weighted by Crippen LogP contribution is -2.24. The van der Waals surface area contributed by atoms with Crippen molar-refractivity contribution in [3.05, 3.63) is 41.3 Å². The highest BCUT2D eigenvalue weighted by Crippen LogP contribution is 2.37.